The van der Waals surface area contributed by atoms with E-state index < -0.39 is 36.0 Å². The molecule has 0 bridgehead atoms. The number of hydrogen-bond donors (Lipinski definition) is 4. The molecule has 2 aromatic carbocycles. The van der Waals surface area contributed by atoms with Gasteiger partial charge in [0, 0.05) is 18.7 Å². The van der Waals surface area contributed by atoms with Crippen molar-refractivity contribution < 1.29 is 29.0 Å². The second-order valence-corrected chi connectivity index (χ2v) is 10.8. The molecule has 2 heterocycles. The van der Waals surface area contributed by atoms with Gasteiger partial charge in [-0.25, -0.2) is 9.80 Å². The molecule has 0 spiro atoms. The maximum Gasteiger partial charge on any atom is 0.389 e. The number of hydrazine groups is 1. The van der Waals surface area contributed by atoms with Gasteiger partial charge in [-0.1, -0.05) is 32.0 Å². The molecule has 0 unspecified atom stereocenters. The summed E-state index contributed by atoms with van der Waals surface area (Å²) in [5, 5.41) is 29.6. The first-order valence-corrected chi connectivity index (χ1v) is 14.2. The predicted molar refractivity (Wildman–Crippen MR) is 157 cm³/mol. The largest absolute Gasteiger partial charge is 0.504 e. The number of benzene rings is 2. The molecule has 0 saturated carbocycles. The van der Waals surface area contributed by atoms with Crippen molar-refractivity contribution in [3.63, 3.8) is 0 Å². The van der Waals surface area contributed by atoms with Crippen LogP contribution < -0.4 is 20.7 Å². The lowest BCUT2D eigenvalue weighted by molar-refractivity contribution is -0.176. The molecular weight excluding hydrogens is 554 g/mol. The summed E-state index contributed by atoms with van der Waals surface area (Å²) in [7, 11) is 0. The molecule has 2 aliphatic heterocycles. The highest BCUT2D eigenvalue weighted by Gasteiger charge is 2.45. The summed E-state index contributed by atoms with van der Waals surface area (Å²) in [6.07, 6.45) is 2.01. The van der Waals surface area contributed by atoms with Crippen molar-refractivity contribution in [2.75, 3.05) is 11.9 Å². The number of nitrogens with zero attached hydrogens (tertiary/aromatic N) is 4. The second-order valence-electron chi connectivity index (χ2n) is 10.8. The SMILES string of the molecule is CC(C)C[C@H](NC(=O)[C@@H]1CCCN2C(=O)CC[C@H](NC(=O)Nc3ccc(Oc4ccccc4)cc3)C(=O)N12)/C(O)=C/[N+]#N. The minimum Gasteiger partial charge on any atom is -0.504 e. The van der Waals surface area contributed by atoms with Gasteiger partial charge in [0.2, 0.25) is 23.0 Å². The second kappa shape index (κ2) is 14.2. The highest BCUT2D eigenvalue weighted by Crippen LogP contribution is 2.26. The fourth-order valence-electron chi connectivity index (χ4n) is 5.10. The average molecular weight is 591 g/mol. The molecule has 4 rings (SSSR count). The number of nitrogens with one attached hydrogen (secondary N) is 3. The normalized spacial score (nSPS) is 19.5. The van der Waals surface area contributed by atoms with Crippen LogP contribution in [0.15, 0.2) is 66.6 Å². The molecule has 5 amide bonds. The van der Waals surface area contributed by atoms with Gasteiger partial charge in [-0.15, -0.1) is 0 Å². The molecule has 0 aromatic heterocycles. The van der Waals surface area contributed by atoms with Crippen molar-refractivity contribution in [2.45, 2.75) is 64.1 Å². The molecule has 0 radical (unpaired) electrons. The minimum absolute atomic E-state index is 0.00452. The fraction of sp³-hybridized carbons (Fsp3) is 0.400. The molecule has 0 aliphatic carbocycles. The zero-order valence-corrected chi connectivity index (χ0v) is 24.1. The molecule has 2 aromatic rings. The van der Waals surface area contributed by atoms with Gasteiger partial charge in [0.1, 0.15) is 23.6 Å². The third-order valence-electron chi connectivity index (χ3n) is 7.13. The lowest BCUT2D eigenvalue weighted by Gasteiger charge is -2.43. The van der Waals surface area contributed by atoms with E-state index in [4.69, 9.17) is 10.1 Å². The van der Waals surface area contributed by atoms with Gasteiger partial charge in [0.05, 0.1) is 6.04 Å². The van der Waals surface area contributed by atoms with Crippen LogP contribution in [-0.4, -0.2) is 63.5 Å². The summed E-state index contributed by atoms with van der Waals surface area (Å²) in [5.74, 6) is -0.505. The van der Waals surface area contributed by atoms with Crippen LogP contribution >= 0.6 is 0 Å². The Morgan fingerprint density at radius 1 is 1.09 bits per heavy atom. The molecule has 43 heavy (non-hydrogen) atoms. The van der Waals surface area contributed by atoms with E-state index >= 15 is 0 Å². The highest BCUT2D eigenvalue weighted by atomic mass is 16.5. The lowest BCUT2D eigenvalue weighted by atomic mass is 10.0. The first-order chi connectivity index (χ1) is 20.7. The number of aliphatic hydroxyl groups excluding tert-OH is 1. The van der Waals surface area contributed by atoms with Crippen molar-refractivity contribution in [1.82, 2.24) is 20.7 Å². The average Bonchev–Trinajstić information content (AvgIpc) is 3.10. The number of carbonyl (C=O) groups is 4. The number of para-hydroxylation sites is 1. The van der Waals surface area contributed by atoms with E-state index in [0.29, 0.717) is 30.0 Å². The molecule has 2 aliphatic rings. The van der Waals surface area contributed by atoms with Gasteiger partial charge in [-0.2, -0.15) is 0 Å². The third-order valence-corrected chi connectivity index (χ3v) is 7.13. The molecular formula is C30H36N7O6+. The van der Waals surface area contributed by atoms with E-state index in [1.807, 2.05) is 44.2 Å². The number of carbonyl (C=O) groups excluding carboxylic acids is 4. The summed E-state index contributed by atoms with van der Waals surface area (Å²) < 4.78 is 5.76. The molecule has 2 saturated heterocycles. The highest BCUT2D eigenvalue weighted by molar-refractivity contribution is 5.97. The number of aliphatic hydroxyl groups is 1. The van der Waals surface area contributed by atoms with Gasteiger partial charge in [0.25, 0.3) is 5.91 Å². The zero-order chi connectivity index (χ0) is 30.9. The lowest BCUT2D eigenvalue weighted by Crippen LogP contribution is -2.64. The van der Waals surface area contributed by atoms with Crippen LogP contribution in [-0.2, 0) is 14.4 Å². The Balaban J connectivity index is 1.44. The maximum absolute atomic E-state index is 13.7. The van der Waals surface area contributed by atoms with Gasteiger partial charge in [0.15, 0.2) is 4.98 Å². The Labute approximate surface area is 249 Å². The van der Waals surface area contributed by atoms with Crippen LogP contribution in [0.4, 0.5) is 10.5 Å². The number of fused-ring (bicyclic) bond motifs is 1. The van der Waals surface area contributed by atoms with Crippen LogP contribution in [0.25, 0.3) is 4.98 Å². The quantitative estimate of drug-likeness (QED) is 0.250. The van der Waals surface area contributed by atoms with E-state index in [-0.39, 0.29) is 43.4 Å². The number of amides is 5. The predicted octanol–water partition coefficient (Wildman–Crippen LogP) is 4.28. The molecule has 13 heteroatoms. The Bertz CT molecular complexity index is 1390. The Morgan fingerprint density at radius 3 is 2.47 bits per heavy atom. The summed E-state index contributed by atoms with van der Waals surface area (Å²) in [6.45, 7) is 4.06. The van der Waals surface area contributed by atoms with Gasteiger partial charge >= 0.3 is 12.2 Å². The standard InChI is InChI=1S/C30H35N7O6/c1-19(2)17-24(26(38)18-32-31)34-28(40)25-9-6-16-36-27(39)15-14-23(29(41)37(25)36)35-30(42)33-20-10-12-22(13-11-20)43-21-7-4-3-5-8-21/h3-5,7-8,10-13,18-19,23-25H,6,9,14-17H2,1-2H3,(H3-,33,34,35,38,40,42)/p+1/b26-18-/t23-,24-,25-/m0/s1. The summed E-state index contributed by atoms with van der Waals surface area (Å²) in [6, 6.07) is 12.3. The van der Waals surface area contributed by atoms with Crippen LogP contribution in [0, 0.1) is 11.3 Å². The van der Waals surface area contributed by atoms with Crippen LogP contribution in [0.5, 0.6) is 11.5 Å². The number of ether oxygens (including phenoxy) is 1. The number of diazo groups is 1. The van der Waals surface area contributed by atoms with Gasteiger partial charge in [-0.3, -0.25) is 19.4 Å². The minimum atomic E-state index is -1.06. The van der Waals surface area contributed by atoms with E-state index in [9.17, 15) is 24.3 Å². The van der Waals surface area contributed by atoms with Gasteiger partial charge in [-0.05, 0) is 68.0 Å². The van der Waals surface area contributed by atoms with Crippen molar-refractivity contribution in [3.8, 4) is 11.5 Å². The Hall–Kier alpha value is -5.12. The first kappa shape index (κ1) is 30.8. The van der Waals surface area contributed by atoms with E-state index in [1.54, 1.807) is 24.3 Å². The van der Waals surface area contributed by atoms with E-state index in [1.165, 1.54) is 5.01 Å². The van der Waals surface area contributed by atoms with Crippen molar-refractivity contribution in [1.29, 1.82) is 5.39 Å². The zero-order valence-electron chi connectivity index (χ0n) is 24.1. The fourth-order valence-corrected chi connectivity index (χ4v) is 5.10. The molecule has 4 N–H and O–H groups in total. The van der Waals surface area contributed by atoms with Crippen LogP contribution in [0.1, 0.15) is 46.0 Å². The summed E-state index contributed by atoms with van der Waals surface area (Å²) in [4.78, 5) is 55.9. The third kappa shape index (κ3) is 8.00. The number of rotatable bonds is 9. The first-order valence-electron chi connectivity index (χ1n) is 14.2. The number of anilines is 1. The molecule has 2 fully saturated rings. The Morgan fingerprint density at radius 2 is 1.79 bits per heavy atom. The van der Waals surface area contributed by atoms with Crippen LogP contribution in [0.2, 0.25) is 0 Å². The van der Waals surface area contributed by atoms with Crippen LogP contribution in [0.3, 0.4) is 0 Å². The van der Waals surface area contributed by atoms with Gasteiger partial charge < -0.3 is 25.8 Å². The van der Waals surface area contributed by atoms with Crippen molar-refractivity contribution in [3.05, 3.63) is 71.5 Å². The molecule has 13 nitrogen and oxygen atoms in total. The summed E-state index contributed by atoms with van der Waals surface area (Å²) in [5.41, 5.74) is 0.464. The van der Waals surface area contributed by atoms with Crippen molar-refractivity contribution >= 4 is 29.4 Å². The Kier molecular flexibility index (Phi) is 10.2. The number of urea groups is 1. The van der Waals surface area contributed by atoms with E-state index in [2.05, 4.69) is 20.9 Å². The monoisotopic (exact) mass is 590 g/mol. The van der Waals surface area contributed by atoms with E-state index in [0.717, 1.165) is 11.2 Å². The number of hydrogen-bond acceptors (Lipinski definition) is 7. The maximum atomic E-state index is 13.7. The topological polar surface area (TPSA) is 168 Å². The summed E-state index contributed by atoms with van der Waals surface area (Å²) >= 11 is 0. The molecule has 3 atom stereocenters. The molecule has 226 valence electrons. The van der Waals surface area contributed by atoms with Crippen molar-refractivity contribution in [2.24, 2.45) is 5.92 Å². The smallest absolute Gasteiger partial charge is 0.389 e.